The molecule has 0 amide bonds. The predicted octanol–water partition coefficient (Wildman–Crippen LogP) is 1.16. The molecule has 0 spiro atoms. The third-order valence-corrected chi connectivity index (χ3v) is 2.65. The highest BCUT2D eigenvalue weighted by Gasteiger charge is 2.27. The molecule has 2 heterocycles. The first kappa shape index (κ1) is 10.6. The van der Waals surface area contributed by atoms with E-state index in [4.69, 9.17) is 9.15 Å². The first-order chi connectivity index (χ1) is 7.16. The fraction of sp³-hybridized carbons (Fsp3) is 0.800. The molecule has 84 valence electrons. The molecule has 0 saturated carbocycles. The zero-order chi connectivity index (χ0) is 10.8. The van der Waals surface area contributed by atoms with Gasteiger partial charge in [0.15, 0.2) is 0 Å². The molecule has 1 fully saturated rings. The highest BCUT2D eigenvalue weighted by molar-refractivity contribution is 4.89. The highest BCUT2D eigenvalue weighted by Crippen LogP contribution is 2.21. The van der Waals surface area contributed by atoms with Crippen molar-refractivity contribution >= 4 is 0 Å². The minimum absolute atomic E-state index is 0.0673. The number of rotatable bonds is 2. The largest absolute Gasteiger partial charge is 0.423 e. The van der Waals surface area contributed by atoms with Crippen LogP contribution in [0.2, 0.25) is 0 Å². The average Bonchev–Trinajstić information content (AvgIpc) is 2.65. The standard InChI is InChI=1S/C10H17N3O2/c1-7(2)13-4-5-14-9(6-13)10-12-11-8(3)15-10/h7,9H,4-6H2,1-3H3. The zero-order valence-electron chi connectivity index (χ0n) is 9.43. The molecule has 1 saturated heterocycles. The lowest BCUT2D eigenvalue weighted by molar-refractivity contribution is -0.0523. The van der Waals surface area contributed by atoms with E-state index < -0.39 is 0 Å². The third kappa shape index (κ3) is 2.35. The quantitative estimate of drug-likeness (QED) is 0.734. The van der Waals surface area contributed by atoms with Gasteiger partial charge in [0.2, 0.25) is 11.8 Å². The lowest BCUT2D eigenvalue weighted by Gasteiger charge is -2.33. The van der Waals surface area contributed by atoms with E-state index in [-0.39, 0.29) is 6.10 Å². The molecule has 2 rings (SSSR count). The van der Waals surface area contributed by atoms with E-state index in [0.717, 1.165) is 19.7 Å². The molecule has 0 aromatic carbocycles. The summed E-state index contributed by atoms with van der Waals surface area (Å²) in [6.07, 6.45) is -0.0673. The second-order valence-electron chi connectivity index (χ2n) is 4.11. The van der Waals surface area contributed by atoms with Gasteiger partial charge in [0.25, 0.3) is 0 Å². The van der Waals surface area contributed by atoms with Crippen LogP contribution in [0.3, 0.4) is 0 Å². The van der Waals surface area contributed by atoms with Gasteiger partial charge in [-0.15, -0.1) is 10.2 Å². The second kappa shape index (κ2) is 4.28. The molecule has 15 heavy (non-hydrogen) atoms. The van der Waals surface area contributed by atoms with Gasteiger partial charge < -0.3 is 9.15 Å². The summed E-state index contributed by atoms with van der Waals surface area (Å²) in [6, 6.07) is 0.528. The monoisotopic (exact) mass is 211 g/mol. The lowest BCUT2D eigenvalue weighted by atomic mass is 10.2. The van der Waals surface area contributed by atoms with E-state index in [1.807, 2.05) is 0 Å². The Morgan fingerprint density at radius 1 is 1.40 bits per heavy atom. The van der Waals surface area contributed by atoms with Crippen LogP contribution in [0.15, 0.2) is 4.42 Å². The normalized spacial score (nSPS) is 23.6. The summed E-state index contributed by atoms with van der Waals surface area (Å²) in [7, 11) is 0. The predicted molar refractivity (Wildman–Crippen MR) is 54.4 cm³/mol. The molecular formula is C10H17N3O2. The summed E-state index contributed by atoms with van der Waals surface area (Å²) in [5, 5.41) is 7.81. The van der Waals surface area contributed by atoms with E-state index in [1.165, 1.54) is 0 Å². The van der Waals surface area contributed by atoms with Crippen LogP contribution < -0.4 is 0 Å². The van der Waals surface area contributed by atoms with Crippen molar-refractivity contribution in [1.29, 1.82) is 0 Å². The summed E-state index contributed by atoms with van der Waals surface area (Å²) < 4.78 is 11.0. The minimum atomic E-state index is -0.0673. The number of hydrogen-bond acceptors (Lipinski definition) is 5. The SMILES string of the molecule is Cc1nnc(C2CN(C(C)C)CCO2)o1. The summed E-state index contributed by atoms with van der Waals surface area (Å²) >= 11 is 0. The Morgan fingerprint density at radius 2 is 2.20 bits per heavy atom. The number of hydrogen-bond donors (Lipinski definition) is 0. The molecule has 1 unspecified atom stereocenters. The Balaban J connectivity index is 2.04. The molecule has 0 radical (unpaired) electrons. The lowest BCUT2D eigenvalue weighted by Crippen LogP contribution is -2.42. The summed E-state index contributed by atoms with van der Waals surface area (Å²) in [6.45, 7) is 8.69. The fourth-order valence-electron chi connectivity index (χ4n) is 1.73. The van der Waals surface area contributed by atoms with Gasteiger partial charge in [0.05, 0.1) is 6.61 Å². The maximum absolute atomic E-state index is 5.62. The Kier molecular flexibility index (Phi) is 3.02. The first-order valence-electron chi connectivity index (χ1n) is 5.32. The number of morpholine rings is 1. The van der Waals surface area contributed by atoms with Crippen LogP contribution in [-0.4, -0.2) is 40.8 Å². The van der Waals surface area contributed by atoms with Crippen molar-refractivity contribution in [3.8, 4) is 0 Å². The van der Waals surface area contributed by atoms with Gasteiger partial charge in [-0.3, -0.25) is 4.90 Å². The molecule has 1 aromatic rings. The molecule has 0 N–H and O–H groups in total. The van der Waals surface area contributed by atoms with Crippen molar-refractivity contribution in [1.82, 2.24) is 15.1 Å². The Bertz CT molecular complexity index is 324. The van der Waals surface area contributed by atoms with Crippen molar-refractivity contribution in [3.05, 3.63) is 11.8 Å². The number of ether oxygens (including phenoxy) is 1. The van der Waals surface area contributed by atoms with Crippen molar-refractivity contribution in [2.45, 2.75) is 32.9 Å². The van der Waals surface area contributed by atoms with Crippen LogP contribution in [0.1, 0.15) is 31.7 Å². The van der Waals surface area contributed by atoms with Crippen molar-refractivity contribution in [3.63, 3.8) is 0 Å². The average molecular weight is 211 g/mol. The van der Waals surface area contributed by atoms with Gasteiger partial charge in [0, 0.05) is 26.1 Å². The number of aryl methyl sites for hydroxylation is 1. The van der Waals surface area contributed by atoms with Gasteiger partial charge in [-0.25, -0.2) is 0 Å². The Morgan fingerprint density at radius 3 is 2.80 bits per heavy atom. The molecule has 5 nitrogen and oxygen atoms in total. The number of nitrogens with zero attached hydrogens (tertiary/aromatic N) is 3. The van der Waals surface area contributed by atoms with E-state index in [0.29, 0.717) is 17.8 Å². The first-order valence-corrected chi connectivity index (χ1v) is 5.32. The maximum Gasteiger partial charge on any atom is 0.246 e. The summed E-state index contributed by atoms with van der Waals surface area (Å²) in [5.74, 6) is 1.19. The smallest absolute Gasteiger partial charge is 0.246 e. The van der Waals surface area contributed by atoms with Crippen LogP contribution in [-0.2, 0) is 4.74 Å². The van der Waals surface area contributed by atoms with Gasteiger partial charge in [-0.1, -0.05) is 0 Å². The molecular weight excluding hydrogens is 194 g/mol. The van der Waals surface area contributed by atoms with E-state index >= 15 is 0 Å². The summed E-state index contributed by atoms with van der Waals surface area (Å²) in [5.41, 5.74) is 0. The molecule has 1 aromatic heterocycles. The summed E-state index contributed by atoms with van der Waals surface area (Å²) in [4.78, 5) is 2.35. The van der Waals surface area contributed by atoms with E-state index in [9.17, 15) is 0 Å². The highest BCUT2D eigenvalue weighted by atomic mass is 16.5. The Labute approximate surface area is 89.4 Å². The van der Waals surface area contributed by atoms with E-state index in [2.05, 4.69) is 28.9 Å². The topological polar surface area (TPSA) is 51.4 Å². The van der Waals surface area contributed by atoms with Gasteiger partial charge in [-0.05, 0) is 13.8 Å². The van der Waals surface area contributed by atoms with E-state index in [1.54, 1.807) is 6.92 Å². The third-order valence-electron chi connectivity index (χ3n) is 2.65. The van der Waals surface area contributed by atoms with Crippen LogP contribution in [0, 0.1) is 6.92 Å². The van der Waals surface area contributed by atoms with Crippen molar-refractivity contribution in [2.24, 2.45) is 0 Å². The second-order valence-corrected chi connectivity index (χ2v) is 4.11. The molecule has 1 aliphatic rings. The molecule has 1 aliphatic heterocycles. The van der Waals surface area contributed by atoms with Crippen LogP contribution in [0.4, 0.5) is 0 Å². The maximum atomic E-state index is 5.62. The molecule has 0 bridgehead atoms. The molecule has 0 aliphatic carbocycles. The van der Waals surface area contributed by atoms with Gasteiger partial charge in [-0.2, -0.15) is 0 Å². The van der Waals surface area contributed by atoms with Gasteiger partial charge in [0.1, 0.15) is 6.10 Å². The van der Waals surface area contributed by atoms with Crippen molar-refractivity contribution < 1.29 is 9.15 Å². The van der Waals surface area contributed by atoms with Crippen LogP contribution in [0.5, 0.6) is 0 Å². The van der Waals surface area contributed by atoms with Crippen molar-refractivity contribution in [2.75, 3.05) is 19.7 Å². The number of aromatic nitrogens is 2. The molecule has 5 heteroatoms. The Hall–Kier alpha value is -0.940. The fourth-order valence-corrected chi connectivity index (χ4v) is 1.73. The minimum Gasteiger partial charge on any atom is -0.423 e. The molecule has 1 atom stereocenters. The van der Waals surface area contributed by atoms with Crippen LogP contribution in [0.25, 0.3) is 0 Å². The van der Waals surface area contributed by atoms with Crippen LogP contribution >= 0.6 is 0 Å². The zero-order valence-corrected chi connectivity index (χ0v) is 9.43. The van der Waals surface area contributed by atoms with Gasteiger partial charge >= 0.3 is 0 Å².